The van der Waals surface area contributed by atoms with Crippen LogP contribution in [0.4, 0.5) is 0 Å². The number of hydrogen-bond donors (Lipinski definition) is 1. The quantitative estimate of drug-likeness (QED) is 0.608. The van der Waals surface area contributed by atoms with Crippen molar-refractivity contribution in [1.82, 2.24) is 10.2 Å². The van der Waals surface area contributed by atoms with Crippen LogP contribution >= 0.6 is 0 Å². The molecule has 0 aliphatic carbocycles. The molecule has 2 aromatic rings. The highest BCUT2D eigenvalue weighted by molar-refractivity contribution is 5.88. The number of benzene rings is 2. The number of carbonyl (C=O) groups is 2. The van der Waals surface area contributed by atoms with Crippen LogP contribution in [0.2, 0.25) is 0 Å². The summed E-state index contributed by atoms with van der Waals surface area (Å²) in [6.45, 7) is 12.9. The molecule has 5 nitrogen and oxygen atoms in total. The van der Waals surface area contributed by atoms with Gasteiger partial charge in [-0.25, -0.2) is 0 Å². The van der Waals surface area contributed by atoms with Crippen LogP contribution in [-0.4, -0.2) is 35.9 Å². The van der Waals surface area contributed by atoms with Gasteiger partial charge in [-0.3, -0.25) is 9.59 Å². The second-order valence-corrected chi connectivity index (χ2v) is 8.69. The molecule has 0 bridgehead atoms. The van der Waals surface area contributed by atoms with Gasteiger partial charge in [0.2, 0.25) is 5.91 Å². The number of nitrogens with one attached hydrogen (secondary N) is 1. The summed E-state index contributed by atoms with van der Waals surface area (Å²) < 4.78 is 5.82. The van der Waals surface area contributed by atoms with E-state index in [0.29, 0.717) is 31.2 Å². The van der Waals surface area contributed by atoms with E-state index in [-0.39, 0.29) is 18.4 Å². The van der Waals surface area contributed by atoms with Gasteiger partial charge in [0, 0.05) is 13.1 Å². The molecular formula is C26H36N2O3. The largest absolute Gasteiger partial charge is 0.484 e. The van der Waals surface area contributed by atoms with Crippen molar-refractivity contribution in [2.75, 3.05) is 13.2 Å². The van der Waals surface area contributed by atoms with Crippen LogP contribution in [-0.2, 0) is 16.1 Å². The molecule has 2 rings (SSSR count). The highest BCUT2D eigenvalue weighted by Gasteiger charge is 2.29. The Balaban J connectivity index is 2.21. The lowest BCUT2D eigenvalue weighted by atomic mass is 10.1. The zero-order valence-electron chi connectivity index (χ0n) is 19.7. The first-order chi connectivity index (χ1) is 14.7. The fourth-order valence-corrected chi connectivity index (χ4v) is 3.59. The molecule has 0 aromatic heterocycles. The third-order valence-corrected chi connectivity index (χ3v) is 5.06. The van der Waals surface area contributed by atoms with Crippen molar-refractivity contribution in [2.45, 2.75) is 60.5 Å². The fourth-order valence-electron chi connectivity index (χ4n) is 3.59. The second kappa shape index (κ2) is 11.5. The SMILES string of the molecule is CCC(C(=O)NCC(C)C)N(Cc1cccc(C)c1)C(=O)COc1cc(C)cc(C)c1. The molecule has 1 N–H and O–H groups in total. The monoisotopic (exact) mass is 424 g/mol. The van der Waals surface area contributed by atoms with Gasteiger partial charge in [-0.2, -0.15) is 0 Å². The molecule has 1 unspecified atom stereocenters. The van der Waals surface area contributed by atoms with Crippen LogP contribution in [0.1, 0.15) is 49.4 Å². The van der Waals surface area contributed by atoms with Gasteiger partial charge in [-0.05, 0) is 61.9 Å². The Hall–Kier alpha value is -2.82. The normalized spacial score (nSPS) is 11.8. The minimum absolute atomic E-state index is 0.108. The Labute approximate surface area is 186 Å². The predicted octanol–water partition coefficient (Wildman–Crippen LogP) is 4.57. The summed E-state index contributed by atoms with van der Waals surface area (Å²) in [5, 5.41) is 2.98. The van der Waals surface area contributed by atoms with Crippen LogP contribution in [0.3, 0.4) is 0 Å². The number of hydrogen-bond acceptors (Lipinski definition) is 3. The molecule has 0 radical (unpaired) electrons. The molecule has 0 fully saturated rings. The number of amides is 2. The first-order valence-corrected chi connectivity index (χ1v) is 11.0. The van der Waals surface area contributed by atoms with E-state index in [1.807, 2.05) is 64.1 Å². The van der Waals surface area contributed by atoms with Crippen LogP contribution in [0, 0.1) is 26.7 Å². The van der Waals surface area contributed by atoms with Gasteiger partial charge >= 0.3 is 0 Å². The van der Waals surface area contributed by atoms with Crippen LogP contribution in [0.15, 0.2) is 42.5 Å². The average Bonchev–Trinajstić information content (AvgIpc) is 2.69. The summed E-state index contributed by atoms with van der Waals surface area (Å²) in [5.74, 6) is 0.685. The third-order valence-electron chi connectivity index (χ3n) is 5.06. The third kappa shape index (κ3) is 7.74. The molecule has 31 heavy (non-hydrogen) atoms. The summed E-state index contributed by atoms with van der Waals surface area (Å²) in [5.41, 5.74) is 4.28. The van der Waals surface area contributed by atoms with Gasteiger partial charge in [0.15, 0.2) is 6.61 Å². The zero-order valence-corrected chi connectivity index (χ0v) is 19.7. The Kier molecular flexibility index (Phi) is 9.10. The molecule has 0 aliphatic rings. The standard InChI is InChI=1S/C26H36N2O3/c1-7-24(26(30)27-15-18(2)3)28(16-22-10-8-9-19(4)12-22)25(29)17-31-23-13-20(5)11-21(6)14-23/h8-14,18,24H,7,15-17H2,1-6H3,(H,27,30). The van der Waals surface area contributed by atoms with Crippen LogP contribution in [0.25, 0.3) is 0 Å². The Morgan fingerprint density at radius 1 is 1.00 bits per heavy atom. The van der Waals surface area contributed by atoms with Crippen LogP contribution in [0.5, 0.6) is 5.75 Å². The maximum absolute atomic E-state index is 13.2. The molecule has 0 spiro atoms. The predicted molar refractivity (Wildman–Crippen MR) is 125 cm³/mol. The highest BCUT2D eigenvalue weighted by atomic mass is 16.5. The van der Waals surface area contributed by atoms with E-state index in [0.717, 1.165) is 22.3 Å². The summed E-state index contributed by atoms with van der Waals surface area (Å²) in [7, 11) is 0. The number of rotatable bonds is 10. The van der Waals surface area contributed by atoms with E-state index in [9.17, 15) is 9.59 Å². The molecule has 0 saturated carbocycles. The molecule has 0 heterocycles. The summed E-state index contributed by atoms with van der Waals surface area (Å²) in [6, 6.07) is 13.4. The first kappa shape index (κ1) is 24.4. The topological polar surface area (TPSA) is 58.6 Å². The van der Waals surface area contributed by atoms with E-state index in [1.165, 1.54) is 0 Å². The van der Waals surface area contributed by atoms with Gasteiger partial charge in [0.1, 0.15) is 11.8 Å². The molecule has 2 aromatic carbocycles. The number of carbonyl (C=O) groups excluding carboxylic acids is 2. The van der Waals surface area contributed by atoms with Crippen molar-refractivity contribution in [1.29, 1.82) is 0 Å². The molecule has 1 atom stereocenters. The van der Waals surface area contributed by atoms with Crippen molar-refractivity contribution < 1.29 is 14.3 Å². The van der Waals surface area contributed by atoms with Crippen molar-refractivity contribution >= 4 is 11.8 Å². The van der Waals surface area contributed by atoms with Crippen LogP contribution < -0.4 is 10.1 Å². The van der Waals surface area contributed by atoms with Gasteiger partial charge in [-0.1, -0.05) is 56.7 Å². The minimum atomic E-state index is -0.547. The Bertz CT molecular complexity index is 872. The van der Waals surface area contributed by atoms with E-state index in [1.54, 1.807) is 4.90 Å². The second-order valence-electron chi connectivity index (χ2n) is 8.69. The first-order valence-electron chi connectivity index (χ1n) is 11.0. The Morgan fingerprint density at radius 2 is 1.68 bits per heavy atom. The lowest BCUT2D eigenvalue weighted by molar-refractivity contribution is -0.143. The number of nitrogens with zero attached hydrogens (tertiary/aromatic N) is 1. The summed E-state index contributed by atoms with van der Waals surface area (Å²) in [4.78, 5) is 27.8. The Morgan fingerprint density at radius 3 is 2.26 bits per heavy atom. The maximum Gasteiger partial charge on any atom is 0.261 e. The fraction of sp³-hybridized carbons (Fsp3) is 0.462. The summed E-state index contributed by atoms with van der Waals surface area (Å²) in [6.07, 6.45) is 0.533. The van der Waals surface area contributed by atoms with Crippen molar-refractivity contribution in [3.63, 3.8) is 0 Å². The number of aryl methyl sites for hydroxylation is 3. The zero-order chi connectivity index (χ0) is 23.0. The van der Waals surface area contributed by atoms with E-state index in [2.05, 4.69) is 25.2 Å². The van der Waals surface area contributed by atoms with Gasteiger partial charge < -0.3 is 15.0 Å². The lowest BCUT2D eigenvalue weighted by Gasteiger charge is -2.31. The molecule has 0 aliphatic heterocycles. The van der Waals surface area contributed by atoms with Crippen molar-refractivity contribution in [2.24, 2.45) is 5.92 Å². The molecule has 168 valence electrons. The summed E-state index contributed by atoms with van der Waals surface area (Å²) >= 11 is 0. The molecule has 0 saturated heterocycles. The average molecular weight is 425 g/mol. The molecule has 5 heteroatoms. The highest BCUT2D eigenvalue weighted by Crippen LogP contribution is 2.18. The van der Waals surface area contributed by atoms with E-state index < -0.39 is 6.04 Å². The molecular weight excluding hydrogens is 388 g/mol. The van der Waals surface area contributed by atoms with Gasteiger partial charge in [-0.15, -0.1) is 0 Å². The van der Waals surface area contributed by atoms with Gasteiger partial charge in [0.05, 0.1) is 0 Å². The van der Waals surface area contributed by atoms with E-state index >= 15 is 0 Å². The smallest absolute Gasteiger partial charge is 0.261 e. The maximum atomic E-state index is 13.2. The lowest BCUT2D eigenvalue weighted by Crippen LogP contribution is -2.50. The van der Waals surface area contributed by atoms with E-state index in [4.69, 9.17) is 4.74 Å². The minimum Gasteiger partial charge on any atom is -0.484 e. The van der Waals surface area contributed by atoms with Crippen molar-refractivity contribution in [3.8, 4) is 5.75 Å². The van der Waals surface area contributed by atoms with Gasteiger partial charge in [0.25, 0.3) is 5.91 Å². The number of ether oxygens (including phenoxy) is 1. The van der Waals surface area contributed by atoms with Crippen molar-refractivity contribution in [3.05, 3.63) is 64.7 Å². The molecule has 2 amide bonds.